The van der Waals surface area contributed by atoms with Crippen molar-refractivity contribution in [3.8, 4) is 23.1 Å². The lowest BCUT2D eigenvalue weighted by molar-refractivity contribution is -0.192. The van der Waals surface area contributed by atoms with Crippen molar-refractivity contribution in [2.24, 2.45) is 0 Å². The monoisotopic (exact) mass is 626 g/mol. The molecule has 44 heavy (non-hydrogen) atoms. The van der Waals surface area contributed by atoms with Gasteiger partial charge in [-0.3, -0.25) is 4.79 Å². The predicted octanol–water partition coefficient (Wildman–Crippen LogP) is 5.71. The number of carboxylic acids is 2. The molecule has 12 nitrogen and oxygen atoms in total. The lowest BCUT2D eigenvalue weighted by Crippen LogP contribution is -2.21. The van der Waals surface area contributed by atoms with Gasteiger partial charge in [0.1, 0.15) is 29.3 Å². The van der Waals surface area contributed by atoms with Gasteiger partial charge < -0.3 is 24.8 Å². The second-order valence-electron chi connectivity index (χ2n) is 8.83. The molecule has 1 aromatic carbocycles. The fourth-order valence-electron chi connectivity index (χ4n) is 3.27. The second kappa shape index (κ2) is 13.2. The number of aromatic nitrogens is 5. The molecule has 3 aromatic heterocycles. The Morgan fingerprint density at radius 1 is 0.909 bits per heavy atom. The molecular weight excluding hydrogens is 606 g/mol. The summed E-state index contributed by atoms with van der Waals surface area (Å²) >= 11 is 0. The zero-order chi connectivity index (χ0) is 32.8. The molecule has 3 N–H and O–H groups in total. The van der Waals surface area contributed by atoms with Gasteiger partial charge in [0.25, 0.3) is 5.91 Å². The van der Waals surface area contributed by atoms with Gasteiger partial charge in [-0.2, -0.15) is 26.3 Å². The topological polar surface area (TPSA) is 169 Å². The summed E-state index contributed by atoms with van der Waals surface area (Å²) in [5, 5.41) is 26.9. The number of carboxylic acid groups (broad SMARTS) is 2. The number of rotatable bonds is 7. The van der Waals surface area contributed by atoms with Crippen LogP contribution in [0.3, 0.4) is 0 Å². The molecule has 0 spiro atoms. The number of nitrogens with one attached hydrogen (secondary N) is 1. The fraction of sp³-hybridized carbons (Fsp3) is 0.192. The highest BCUT2D eigenvalue weighted by Crippen LogP contribution is 2.31. The molecule has 0 aliphatic rings. The number of carbonyl (C=O) groups excluding carboxylic acids is 1. The third kappa shape index (κ3) is 8.73. The van der Waals surface area contributed by atoms with E-state index in [0.717, 1.165) is 6.07 Å². The predicted molar refractivity (Wildman–Crippen MR) is 138 cm³/mol. The van der Waals surface area contributed by atoms with Gasteiger partial charge in [-0.05, 0) is 50.2 Å². The lowest BCUT2D eigenvalue weighted by atomic mass is 10.2. The zero-order valence-corrected chi connectivity index (χ0v) is 22.4. The van der Waals surface area contributed by atoms with Gasteiger partial charge in [-0.25, -0.2) is 19.6 Å². The SMILES string of the molecule is CC(C)n1cnnc1-c1cccc(NC(=O)c2cccc(Oc3cc(C(=O)O)cc(C(F)(F)F)n3)c2)n1.O=C(O)C(F)(F)F. The molecule has 4 rings (SSSR count). The molecule has 0 bridgehead atoms. The van der Waals surface area contributed by atoms with Crippen molar-refractivity contribution in [2.75, 3.05) is 5.32 Å². The standard InChI is InChI=1S/C24H19F3N6O4.C2HF3O2/c1-13(2)33-12-28-32-21(33)17-7-4-8-19(29-17)31-22(34)14-5-3-6-16(9-14)37-20-11-15(23(35)36)10-18(30-20)24(25,26)27;3-2(4,5)1(6)7/h3-13H,1-2H3,(H,35,36)(H,29,31,34);(H,6,7). The van der Waals surface area contributed by atoms with E-state index in [1.54, 1.807) is 24.5 Å². The molecule has 0 fully saturated rings. The number of benzene rings is 1. The van der Waals surface area contributed by atoms with Crippen LogP contribution in [0.15, 0.2) is 60.9 Å². The highest BCUT2D eigenvalue weighted by molar-refractivity contribution is 6.04. The summed E-state index contributed by atoms with van der Waals surface area (Å²) in [5.41, 5.74) is -1.47. The Hall–Kier alpha value is -5.55. The van der Waals surface area contributed by atoms with Crippen LogP contribution in [0.25, 0.3) is 11.5 Å². The molecule has 0 unspecified atom stereocenters. The first kappa shape index (κ1) is 33.0. The normalized spacial score (nSPS) is 11.4. The van der Waals surface area contributed by atoms with Crippen molar-refractivity contribution in [1.82, 2.24) is 24.7 Å². The van der Waals surface area contributed by atoms with Crippen molar-refractivity contribution in [1.29, 1.82) is 0 Å². The molecule has 0 aliphatic carbocycles. The molecule has 0 atom stereocenters. The summed E-state index contributed by atoms with van der Waals surface area (Å²) in [5.74, 6) is -4.76. The van der Waals surface area contributed by atoms with Gasteiger partial charge in [-0.1, -0.05) is 12.1 Å². The van der Waals surface area contributed by atoms with E-state index >= 15 is 0 Å². The lowest BCUT2D eigenvalue weighted by Gasteiger charge is -2.12. The number of hydrogen-bond acceptors (Lipinski definition) is 8. The third-order valence-corrected chi connectivity index (χ3v) is 5.25. The number of aromatic carboxylic acids is 1. The number of carbonyl (C=O) groups is 3. The quantitative estimate of drug-likeness (QED) is 0.216. The Bertz CT molecular complexity index is 1670. The summed E-state index contributed by atoms with van der Waals surface area (Å²) in [6, 6.07) is 11.9. The average molecular weight is 626 g/mol. The van der Waals surface area contributed by atoms with Gasteiger partial charge in [0.15, 0.2) is 5.82 Å². The summed E-state index contributed by atoms with van der Waals surface area (Å²) in [6.07, 6.45) is -8.38. The van der Waals surface area contributed by atoms with Crippen molar-refractivity contribution < 1.29 is 55.7 Å². The summed E-state index contributed by atoms with van der Waals surface area (Å²) < 4.78 is 78.3. The van der Waals surface area contributed by atoms with Crippen LogP contribution in [0, 0.1) is 0 Å². The third-order valence-electron chi connectivity index (χ3n) is 5.25. The molecular formula is C26H20F6N6O6. The number of amides is 1. The van der Waals surface area contributed by atoms with E-state index in [2.05, 4.69) is 25.5 Å². The minimum atomic E-state index is -5.08. The maximum Gasteiger partial charge on any atom is 0.490 e. The van der Waals surface area contributed by atoms with Crippen LogP contribution >= 0.6 is 0 Å². The van der Waals surface area contributed by atoms with Crippen molar-refractivity contribution in [3.05, 3.63) is 77.7 Å². The van der Waals surface area contributed by atoms with Crippen LogP contribution in [0.1, 0.15) is 46.3 Å². The number of ether oxygens (including phenoxy) is 1. The largest absolute Gasteiger partial charge is 0.490 e. The minimum absolute atomic E-state index is 0.0254. The number of hydrogen-bond donors (Lipinski definition) is 3. The first-order valence-electron chi connectivity index (χ1n) is 12.0. The smallest absolute Gasteiger partial charge is 0.478 e. The van der Waals surface area contributed by atoms with E-state index in [9.17, 15) is 35.9 Å². The average Bonchev–Trinajstić information content (AvgIpc) is 3.43. The highest BCUT2D eigenvalue weighted by Gasteiger charge is 2.38. The maximum absolute atomic E-state index is 13.1. The van der Waals surface area contributed by atoms with E-state index in [-0.39, 0.29) is 23.2 Å². The number of alkyl halides is 6. The Labute approximate surface area is 243 Å². The summed E-state index contributed by atoms with van der Waals surface area (Å²) in [4.78, 5) is 40.7. The Morgan fingerprint density at radius 2 is 1.57 bits per heavy atom. The molecule has 0 saturated heterocycles. The first-order chi connectivity index (χ1) is 20.5. The van der Waals surface area contributed by atoms with E-state index in [4.69, 9.17) is 19.7 Å². The van der Waals surface area contributed by atoms with E-state index < -0.39 is 47.3 Å². The van der Waals surface area contributed by atoms with Crippen molar-refractivity contribution in [2.45, 2.75) is 32.2 Å². The van der Waals surface area contributed by atoms with Crippen LogP contribution < -0.4 is 10.1 Å². The van der Waals surface area contributed by atoms with Crippen LogP contribution in [0.2, 0.25) is 0 Å². The van der Waals surface area contributed by atoms with Crippen molar-refractivity contribution >= 4 is 23.7 Å². The van der Waals surface area contributed by atoms with Gasteiger partial charge >= 0.3 is 24.3 Å². The molecule has 232 valence electrons. The van der Waals surface area contributed by atoms with Gasteiger partial charge in [0.05, 0.1) is 5.56 Å². The second-order valence-corrected chi connectivity index (χ2v) is 8.83. The highest BCUT2D eigenvalue weighted by atomic mass is 19.4. The molecule has 0 aliphatic heterocycles. The number of nitrogens with zero attached hydrogens (tertiary/aromatic N) is 5. The van der Waals surface area contributed by atoms with Gasteiger partial charge in [0.2, 0.25) is 5.88 Å². The van der Waals surface area contributed by atoms with E-state index in [0.29, 0.717) is 17.6 Å². The molecule has 0 saturated carbocycles. The Balaban J connectivity index is 0.000000676. The molecule has 0 radical (unpaired) electrons. The Kier molecular flexibility index (Phi) is 9.87. The molecule has 3 heterocycles. The number of anilines is 1. The zero-order valence-electron chi connectivity index (χ0n) is 22.4. The van der Waals surface area contributed by atoms with E-state index in [1.165, 1.54) is 24.3 Å². The van der Waals surface area contributed by atoms with Crippen LogP contribution in [0.4, 0.5) is 32.2 Å². The minimum Gasteiger partial charge on any atom is -0.478 e. The first-order valence-corrected chi connectivity index (χ1v) is 12.0. The molecule has 1 amide bonds. The van der Waals surface area contributed by atoms with Crippen LogP contribution in [-0.2, 0) is 11.0 Å². The maximum atomic E-state index is 13.1. The van der Waals surface area contributed by atoms with Gasteiger partial charge in [0, 0.05) is 17.7 Å². The van der Waals surface area contributed by atoms with Crippen LogP contribution in [-0.4, -0.2) is 59.0 Å². The van der Waals surface area contributed by atoms with Crippen molar-refractivity contribution in [3.63, 3.8) is 0 Å². The van der Waals surface area contributed by atoms with Crippen LogP contribution in [0.5, 0.6) is 11.6 Å². The number of aliphatic carboxylic acids is 1. The summed E-state index contributed by atoms with van der Waals surface area (Å²) in [7, 11) is 0. The van der Waals surface area contributed by atoms with E-state index in [1.807, 2.05) is 18.4 Å². The summed E-state index contributed by atoms with van der Waals surface area (Å²) in [6.45, 7) is 3.93. The fourth-order valence-corrected chi connectivity index (χ4v) is 3.27. The number of pyridine rings is 2. The molecule has 18 heteroatoms. The number of halogens is 6. The Morgan fingerprint density at radius 3 is 2.16 bits per heavy atom. The molecule has 4 aromatic rings. The van der Waals surface area contributed by atoms with Gasteiger partial charge in [-0.15, -0.1) is 10.2 Å².